The molecule has 0 spiro atoms. The van der Waals surface area contributed by atoms with Crippen molar-refractivity contribution in [2.75, 3.05) is 9.80 Å². The quantitative estimate of drug-likeness (QED) is 0.161. The largest absolute Gasteiger partial charge is 0.454 e. The Kier molecular flexibility index (Phi) is 13.2. The average Bonchev–Trinajstić information content (AvgIpc) is 1.55. The van der Waals surface area contributed by atoms with Gasteiger partial charge in [0.25, 0.3) is 6.71 Å². The van der Waals surface area contributed by atoms with Gasteiger partial charge >= 0.3 is 0 Å². The summed E-state index contributed by atoms with van der Waals surface area (Å²) in [6.07, 6.45) is 0. The van der Waals surface area contributed by atoms with E-state index < -0.39 is 0 Å². The molecular formula is C92H75BCl2N4O2. The van der Waals surface area contributed by atoms with E-state index in [0.717, 1.165) is 88.6 Å². The van der Waals surface area contributed by atoms with Crippen LogP contribution in [0.1, 0.15) is 114 Å². The molecule has 2 aliphatic carbocycles. The summed E-state index contributed by atoms with van der Waals surface area (Å²) in [6, 6.07) is 85.9. The first-order valence-corrected chi connectivity index (χ1v) is 36.1. The zero-order chi connectivity index (χ0) is 69.2. The normalized spacial score (nSPS) is 14.4. The van der Waals surface area contributed by atoms with Crippen molar-refractivity contribution in [1.82, 2.24) is 9.13 Å². The minimum atomic E-state index is -0.205. The molecule has 20 rings (SSSR count). The lowest BCUT2D eigenvalue weighted by Crippen LogP contribution is -2.60. The fourth-order valence-corrected chi connectivity index (χ4v) is 18.3. The number of hydrogen-bond donors (Lipinski definition) is 0. The summed E-state index contributed by atoms with van der Waals surface area (Å²) < 4.78 is 18.5. The Labute approximate surface area is 599 Å². The van der Waals surface area contributed by atoms with Crippen molar-refractivity contribution in [3.05, 3.63) is 291 Å². The van der Waals surface area contributed by atoms with Gasteiger partial charge in [0, 0.05) is 115 Å². The van der Waals surface area contributed by atoms with Crippen molar-refractivity contribution in [2.24, 2.45) is 0 Å². The zero-order valence-corrected chi connectivity index (χ0v) is 60.5. The molecule has 16 aromatic rings. The number of anilines is 6. The first-order valence-electron chi connectivity index (χ1n) is 35.4. The van der Waals surface area contributed by atoms with E-state index in [-0.39, 0.29) is 28.4 Å². The Morgan fingerprint density at radius 1 is 0.416 bits per heavy atom. The Morgan fingerprint density at radius 2 is 0.990 bits per heavy atom. The van der Waals surface area contributed by atoms with Crippen LogP contribution in [0.25, 0.3) is 99.3 Å². The van der Waals surface area contributed by atoms with Crippen LogP contribution >= 0.6 is 23.2 Å². The molecule has 6 heterocycles. The summed E-state index contributed by atoms with van der Waals surface area (Å²) >= 11 is 13.6. The molecule has 4 aliphatic rings. The van der Waals surface area contributed by atoms with Gasteiger partial charge in [-0.25, -0.2) is 0 Å². The van der Waals surface area contributed by atoms with Crippen molar-refractivity contribution in [3.8, 4) is 33.6 Å². The standard InChI is InChI=1S/C46H36BClN2O.C46H39ClN2O/c1-25-20-37-41-38(21-25)50-42-31(40-30-13-7-9-15-32(30)46(5,6)44(40)50)22-26(45(2,3)4)23-34(42)47(41)33-19-18-27(48)24-36(33)49(37)35-16-11-14-29-28-12-8-10-17-39(28)51-43(29)35;1-28-23-32(48(31-14-11-13-30(47)26-31)40-19-12-17-35-34-15-8-10-20-41(34)50-43(35)40)27-33(24-28)49-39-22-21-29(45(2,3)4)25-37(39)42-36-16-7-9-18-38(36)46(5,6)44(42)49/h7-24H,1-6H3;7-27H,1-6H3. The Bertz CT molecular complexity index is 6280. The molecule has 492 valence electrons. The third kappa shape index (κ3) is 8.91. The number of furan rings is 2. The van der Waals surface area contributed by atoms with E-state index in [2.05, 4.69) is 302 Å². The van der Waals surface area contributed by atoms with Crippen molar-refractivity contribution < 1.29 is 8.83 Å². The molecule has 2 aliphatic heterocycles. The fraction of sp³-hybridized carbons (Fsp3) is 0.174. The highest BCUT2D eigenvalue weighted by molar-refractivity contribution is 7.00. The number of hydrogen-bond acceptors (Lipinski definition) is 4. The number of fused-ring (bicyclic) bond motifs is 20. The van der Waals surface area contributed by atoms with Gasteiger partial charge < -0.3 is 27.8 Å². The first-order chi connectivity index (χ1) is 48.5. The lowest BCUT2D eigenvalue weighted by Gasteiger charge is -2.41. The molecule has 0 saturated heterocycles. The molecule has 0 amide bonds. The molecular weight excluding hydrogens is 1270 g/mol. The number of para-hydroxylation sites is 4. The van der Waals surface area contributed by atoms with Crippen LogP contribution in [0.3, 0.4) is 0 Å². The van der Waals surface area contributed by atoms with Crippen LogP contribution in [0.5, 0.6) is 0 Å². The van der Waals surface area contributed by atoms with Gasteiger partial charge in [-0.2, -0.15) is 0 Å². The van der Waals surface area contributed by atoms with Crippen molar-refractivity contribution in [1.29, 1.82) is 0 Å². The van der Waals surface area contributed by atoms with Gasteiger partial charge in [-0.3, -0.25) is 0 Å². The van der Waals surface area contributed by atoms with Crippen LogP contribution in [0.2, 0.25) is 10.0 Å². The maximum atomic E-state index is 6.93. The molecule has 0 bridgehead atoms. The third-order valence-corrected chi connectivity index (χ3v) is 23.0. The van der Waals surface area contributed by atoms with E-state index in [9.17, 15) is 0 Å². The van der Waals surface area contributed by atoms with Crippen molar-refractivity contribution in [3.63, 3.8) is 0 Å². The Balaban J connectivity index is 0.000000140. The monoisotopic (exact) mass is 1350 g/mol. The fourth-order valence-electron chi connectivity index (χ4n) is 18.0. The number of nitrogens with zero attached hydrogens (tertiary/aromatic N) is 4. The van der Waals surface area contributed by atoms with E-state index in [0.29, 0.717) is 5.02 Å². The number of aromatic nitrogens is 2. The molecule has 101 heavy (non-hydrogen) atoms. The molecule has 4 aromatic heterocycles. The van der Waals surface area contributed by atoms with Gasteiger partial charge in [-0.15, -0.1) is 0 Å². The van der Waals surface area contributed by atoms with Crippen LogP contribution in [-0.4, -0.2) is 15.8 Å². The molecule has 0 saturated carbocycles. The first kappa shape index (κ1) is 61.6. The Hall–Kier alpha value is -10.4. The van der Waals surface area contributed by atoms with Crippen LogP contribution in [0.15, 0.2) is 245 Å². The second kappa shape index (κ2) is 21.5. The van der Waals surface area contributed by atoms with Gasteiger partial charge in [0.2, 0.25) is 0 Å². The smallest absolute Gasteiger partial charge is 0.252 e. The molecule has 0 unspecified atom stereocenters. The molecule has 9 heteroatoms. The average molecular weight is 1350 g/mol. The minimum Gasteiger partial charge on any atom is -0.454 e. The number of rotatable bonds is 5. The Morgan fingerprint density at radius 3 is 1.68 bits per heavy atom. The molecule has 12 aromatic carbocycles. The number of aryl methyl sites for hydroxylation is 2. The summed E-state index contributed by atoms with van der Waals surface area (Å²) in [6.45, 7) is 27.9. The molecule has 0 fully saturated rings. The minimum absolute atomic E-state index is 0.0275. The van der Waals surface area contributed by atoms with Gasteiger partial charge in [-0.1, -0.05) is 226 Å². The second-order valence-corrected chi connectivity index (χ2v) is 32.6. The second-order valence-electron chi connectivity index (χ2n) is 31.7. The van der Waals surface area contributed by atoms with Crippen LogP contribution in [-0.2, 0) is 21.7 Å². The molecule has 6 nitrogen and oxygen atoms in total. The summed E-state index contributed by atoms with van der Waals surface area (Å²) in [5, 5.41) is 8.47. The van der Waals surface area contributed by atoms with E-state index in [4.69, 9.17) is 32.0 Å². The molecule has 0 radical (unpaired) electrons. The highest BCUT2D eigenvalue weighted by atomic mass is 35.5. The van der Waals surface area contributed by atoms with Crippen LogP contribution in [0, 0.1) is 13.8 Å². The lowest BCUT2D eigenvalue weighted by atomic mass is 9.33. The predicted octanol–water partition coefficient (Wildman–Crippen LogP) is 24.3. The van der Waals surface area contributed by atoms with E-state index in [1.807, 2.05) is 36.4 Å². The van der Waals surface area contributed by atoms with Gasteiger partial charge in [0.05, 0.1) is 16.9 Å². The highest BCUT2D eigenvalue weighted by Gasteiger charge is 2.49. The van der Waals surface area contributed by atoms with E-state index >= 15 is 0 Å². The van der Waals surface area contributed by atoms with Gasteiger partial charge in [-0.05, 0) is 189 Å². The maximum absolute atomic E-state index is 6.93. The topological polar surface area (TPSA) is 42.6 Å². The molecule has 0 N–H and O–H groups in total. The van der Waals surface area contributed by atoms with Crippen molar-refractivity contribution >= 4 is 146 Å². The maximum Gasteiger partial charge on any atom is 0.252 e. The van der Waals surface area contributed by atoms with Gasteiger partial charge in [0.1, 0.15) is 11.2 Å². The van der Waals surface area contributed by atoms with E-state index in [1.165, 1.54) is 111 Å². The summed E-state index contributed by atoms with van der Waals surface area (Å²) in [5.74, 6) is 0. The zero-order valence-electron chi connectivity index (χ0n) is 59.0. The summed E-state index contributed by atoms with van der Waals surface area (Å²) in [7, 11) is 0. The van der Waals surface area contributed by atoms with Crippen LogP contribution < -0.4 is 26.2 Å². The van der Waals surface area contributed by atoms with Crippen LogP contribution in [0.4, 0.5) is 34.1 Å². The van der Waals surface area contributed by atoms with E-state index in [1.54, 1.807) is 0 Å². The summed E-state index contributed by atoms with van der Waals surface area (Å²) in [5.41, 5.74) is 34.2. The third-order valence-electron chi connectivity index (χ3n) is 22.5. The lowest BCUT2D eigenvalue weighted by molar-refractivity contribution is 0.591. The SMILES string of the molecule is Cc1cc(N(c2cccc(Cl)c2)c2cccc3c2oc2ccccc23)cc(-n2c3c(c4cc(C(C)(C)C)ccc42)-c2ccccc2C3(C)C)c1.Cc1cc2c3c(c1)-n1c4c(c5cc(C(C)(C)C)cc(c51)B3c1ccc(Cl)cc1N2c1cccc2c1oc1ccccc12)-c1ccccc1C4(C)C. The van der Waals surface area contributed by atoms with Crippen molar-refractivity contribution in [2.45, 2.75) is 105 Å². The molecule has 0 atom stereocenters. The van der Waals surface area contributed by atoms with Gasteiger partial charge in [0.15, 0.2) is 11.2 Å². The predicted molar refractivity (Wildman–Crippen MR) is 427 cm³/mol. The summed E-state index contributed by atoms with van der Waals surface area (Å²) in [4.78, 5) is 4.71. The number of benzene rings is 12. The highest BCUT2D eigenvalue weighted by Crippen LogP contribution is 2.58. The number of halogens is 2.